The van der Waals surface area contributed by atoms with Gasteiger partial charge in [0.2, 0.25) is 4.77 Å². The molecule has 2 N–H and O–H groups in total. The summed E-state index contributed by atoms with van der Waals surface area (Å²) in [6.07, 6.45) is 0. The molecule has 29 heavy (non-hydrogen) atoms. The minimum atomic E-state index is -0.390. The van der Waals surface area contributed by atoms with Crippen LogP contribution in [0.25, 0.3) is 10.8 Å². The lowest BCUT2D eigenvalue weighted by Gasteiger charge is -2.17. The van der Waals surface area contributed by atoms with Crippen molar-refractivity contribution in [1.29, 1.82) is 0 Å². The number of rotatable bonds is 6. The molecule has 8 heteroatoms. The smallest absolute Gasteiger partial charge is 0.214 e. The molecule has 0 aliphatic carbocycles. The fraction of sp³-hybridized carbons (Fsp3) is 0.143. The summed E-state index contributed by atoms with van der Waals surface area (Å²) < 4.78 is 22.3. The van der Waals surface area contributed by atoms with Crippen LogP contribution in [-0.4, -0.2) is 14.9 Å². The molecule has 0 aliphatic heterocycles. The van der Waals surface area contributed by atoms with Gasteiger partial charge in [0.05, 0.1) is 11.6 Å². The van der Waals surface area contributed by atoms with Gasteiger partial charge in [-0.05, 0) is 48.1 Å². The highest BCUT2D eigenvalue weighted by atomic mass is 35.5. The number of aromatic nitrogens is 3. The molecular formula is C21H18ClFN4OS. The van der Waals surface area contributed by atoms with E-state index in [0.29, 0.717) is 27.7 Å². The highest BCUT2D eigenvalue weighted by Gasteiger charge is 2.13. The van der Waals surface area contributed by atoms with Gasteiger partial charge in [0.15, 0.2) is 0 Å². The molecule has 148 valence electrons. The SMILES string of the molecule is Cc1n[nH]c(=S)n1NCc1c(OCc2c(F)cccc2Cl)ccc2ccccc12. The van der Waals surface area contributed by atoms with Gasteiger partial charge in [0.25, 0.3) is 0 Å². The zero-order valence-corrected chi connectivity index (χ0v) is 17.1. The molecule has 5 nitrogen and oxygen atoms in total. The Morgan fingerprint density at radius 3 is 2.72 bits per heavy atom. The summed E-state index contributed by atoms with van der Waals surface area (Å²) >= 11 is 11.4. The van der Waals surface area contributed by atoms with E-state index < -0.39 is 5.82 Å². The first-order chi connectivity index (χ1) is 14.0. The third-order valence-electron chi connectivity index (χ3n) is 4.69. The number of benzene rings is 3. The minimum absolute atomic E-state index is 0.0288. The van der Waals surface area contributed by atoms with Crippen LogP contribution in [0.1, 0.15) is 17.0 Å². The Balaban J connectivity index is 1.68. The molecule has 0 saturated heterocycles. The fourth-order valence-corrected chi connectivity index (χ4v) is 3.63. The summed E-state index contributed by atoms with van der Waals surface area (Å²) in [7, 11) is 0. The topological polar surface area (TPSA) is 54.9 Å². The molecule has 4 rings (SSSR count). The highest BCUT2D eigenvalue weighted by Crippen LogP contribution is 2.30. The van der Waals surface area contributed by atoms with Gasteiger partial charge in [0, 0.05) is 11.1 Å². The van der Waals surface area contributed by atoms with Crippen molar-refractivity contribution in [3.8, 4) is 5.75 Å². The van der Waals surface area contributed by atoms with E-state index in [-0.39, 0.29) is 6.61 Å². The summed E-state index contributed by atoms with van der Waals surface area (Å²) in [5.74, 6) is 0.970. The number of aryl methyl sites for hydroxylation is 1. The number of nitrogens with one attached hydrogen (secondary N) is 2. The van der Waals surface area contributed by atoms with Crippen LogP contribution in [0.3, 0.4) is 0 Å². The molecule has 3 aromatic carbocycles. The molecule has 0 spiro atoms. The summed E-state index contributed by atoms with van der Waals surface area (Å²) in [6, 6.07) is 16.5. The van der Waals surface area contributed by atoms with Gasteiger partial charge >= 0.3 is 0 Å². The largest absolute Gasteiger partial charge is 0.488 e. The molecule has 0 aliphatic rings. The molecule has 1 aromatic heterocycles. The Morgan fingerprint density at radius 2 is 1.97 bits per heavy atom. The van der Waals surface area contributed by atoms with Crippen LogP contribution in [0.15, 0.2) is 54.6 Å². The van der Waals surface area contributed by atoms with E-state index in [0.717, 1.165) is 22.2 Å². The average molecular weight is 429 g/mol. The van der Waals surface area contributed by atoms with Gasteiger partial charge in [0.1, 0.15) is 24.0 Å². The summed E-state index contributed by atoms with van der Waals surface area (Å²) in [5.41, 5.74) is 4.53. The second kappa shape index (κ2) is 8.23. The molecule has 0 atom stereocenters. The Morgan fingerprint density at radius 1 is 1.14 bits per heavy atom. The van der Waals surface area contributed by atoms with E-state index in [4.69, 9.17) is 28.6 Å². The molecule has 4 aromatic rings. The van der Waals surface area contributed by atoms with Crippen molar-refractivity contribution >= 4 is 34.6 Å². The Hall–Kier alpha value is -2.90. The molecule has 0 unspecified atom stereocenters. The monoisotopic (exact) mass is 428 g/mol. The van der Waals surface area contributed by atoms with Crippen LogP contribution >= 0.6 is 23.8 Å². The summed E-state index contributed by atoms with van der Waals surface area (Å²) in [4.78, 5) is 0. The van der Waals surface area contributed by atoms with E-state index in [9.17, 15) is 4.39 Å². The molecule has 0 radical (unpaired) electrons. The number of hydrogen-bond acceptors (Lipinski definition) is 4. The number of nitrogens with zero attached hydrogens (tertiary/aromatic N) is 2. The van der Waals surface area contributed by atoms with Crippen molar-refractivity contribution < 1.29 is 9.13 Å². The Kier molecular flexibility index (Phi) is 5.51. The zero-order valence-electron chi connectivity index (χ0n) is 15.6. The average Bonchev–Trinajstić information content (AvgIpc) is 3.04. The first-order valence-electron chi connectivity index (χ1n) is 8.99. The maximum Gasteiger partial charge on any atom is 0.214 e. The summed E-state index contributed by atoms with van der Waals surface area (Å²) in [5, 5.41) is 9.30. The summed E-state index contributed by atoms with van der Waals surface area (Å²) in [6.45, 7) is 2.32. The van der Waals surface area contributed by atoms with Crippen LogP contribution in [0.2, 0.25) is 5.02 Å². The van der Waals surface area contributed by atoms with E-state index in [1.807, 2.05) is 43.3 Å². The maximum atomic E-state index is 14.1. The van der Waals surface area contributed by atoms with Gasteiger partial charge in [-0.15, -0.1) is 0 Å². The van der Waals surface area contributed by atoms with Crippen LogP contribution in [-0.2, 0) is 13.2 Å². The lowest BCUT2D eigenvalue weighted by Crippen LogP contribution is -2.17. The lowest BCUT2D eigenvalue weighted by atomic mass is 10.0. The zero-order chi connectivity index (χ0) is 20.4. The van der Waals surface area contributed by atoms with Crippen molar-refractivity contribution in [2.45, 2.75) is 20.1 Å². The normalized spacial score (nSPS) is 11.0. The van der Waals surface area contributed by atoms with Crippen molar-refractivity contribution in [3.63, 3.8) is 0 Å². The highest BCUT2D eigenvalue weighted by molar-refractivity contribution is 7.71. The van der Waals surface area contributed by atoms with Crippen molar-refractivity contribution in [3.05, 3.63) is 87.2 Å². The van der Waals surface area contributed by atoms with Gasteiger partial charge in [-0.1, -0.05) is 48.0 Å². The van der Waals surface area contributed by atoms with E-state index >= 15 is 0 Å². The maximum absolute atomic E-state index is 14.1. The van der Waals surface area contributed by atoms with Crippen molar-refractivity contribution in [2.24, 2.45) is 0 Å². The van der Waals surface area contributed by atoms with Crippen molar-refractivity contribution in [1.82, 2.24) is 14.9 Å². The van der Waals surface area contributed by atoms with Gasteiger partial charge in [-0.25, -0.2) is 9.07 Å². The molecule has 0 bridgehead atoms. The number of halogens is 2. The van der Waals surface area contributed by atoms with Crippen molar-refractivity contribution in [2.75, 3.05) is 5.43 Å². The Labute approximate surface area is 177 Å². The van der Waals surface area contributed by atoms with E-state index in [1.165, 1.54) is 6.07 Å². The molecule has 0 amide bonds. The molecular weight excluding hydrogens is 411 g/mol. The van der Waals surface area contributed by atoms with Gasteiger partial charge in [-0.3, -0.25) is 5.10 Å². The number of ether oxygens (including phenoxy) is 1. The number of fused-ring (bicyclic) bond motifs is 1. The lowest BCUT2D eigenvalue weighted by molar-refractivity contribution is 0.297. The number of aromatic amines is 1. The van der Waals surface area contributed by atoms with Crippen LogP contribution in [0.5, 0.6) is 5.75 Å². The quantitative estimate of drug-likeness (QED) is 0.397. The Bertz CT molecular complexity index is 1220. The minimum Gasteiger partial charge on any atom is -0.488 e. The first-order valence-corrected chi connectivity index (χ1v) is 9.77. The van der Waals surface area contributed by atoms with Gasteiger partial charge < -0.3 is 10.2 Å². The molecule has 0 fully saturated rings. The first kappa shape index (κ1) is 19.4. The standard InChI is InChI=1S/C21H18ClFN4OS/c1-13-25-26-21(29)27(13)24-11-16-15-6-3-2-5-14(15)9-10-20(16)28-12-17-18(22)7-4-8-19(17)23/h2-10,24H,11-12H2,1H3,(H,26,29). The van der Waals surface area contributed by atoms with Gasteiger partial charge in [-0.2, -0.15) is 5.10 Å². The number of hydrogen-bond donors (Lipinski definition) is 2. The predicted molar refractivity (Wildman–Crippen MR) is 115 cm³/mol. The third kappa shape index (κ3) is 3.97. The third-order valence-corrected chi connectivity index (χ3v) is 5.31. The number of H-pyrrole nitrogens is 1. The fourth-order valence-electron chi connectivity index (χ4n) is 3.17. The van der Waals surface area contributed by atoms with E-state index in [2.05, 4.69) is 15.6 Å². The van der Waals surface area contributed by atoms with Crippen LogP contribution in [0, 0.1) is 17.5 Å². The second-order valence-electron chi connectivity index (χ2n) is 6.50. The molecule has 1 heterocycles. The second-order valence-corrected chi connectivity index (χ2v) is 7.29. The predicted octanol–water partition coefficient (Wildman–Crippen LogP) is 5.52. The van der Waals surface area contributed by atoms with Crippen LogP contribution in [0.4, 0.5) is 4.39 Å². The van der Waals surface area contributed by atoms with E-state index in [1.54, 1.807) is 16.8 Å². The molecule has 0 saturated carbocycles. The van der Waals surface area contributed by atoms with Crippen LogP contribution < -0.4 is 10.2 Å².